The van der Waals surface area contributed by atoms with Crippen LogP contribution in [-0.2, 0) is 0 Å². The molecular formula is CH4B2F4O. The van der Waals surface area contributed by atoms with Gasteiger partial charge in [0.1, 0.15) is 0 Å². The first kappa shape index (κ1) is 15.7. The normalized spacial score (nSPS) is 4.25. The Labute approximate surface area is 46.4 Å². The third-order valence-corrected chi connectivity index (χ3v) is 0. The maximum atomic E-state index is 9.50. The van der Waals surface area contributed by atoms with E-state index in [1.165, 1.54) is 0 Å². The number of hydrogen-bond acceptors (Lipinski definition) is 1. The Hall–Kier alpha value is -0.190. The molecule has 0 aliphatic heterocycles. The van der Waals surface area contributed by atoms with Crippen molar-refractivity contribution < 1.29 is 22.4 Å². The average molecular weight is 130 g/mol. The zero-order valence-electron chi connectivity index (χ0n) is 4.11. The van der Waals surface area contributed by atoms with E-state index in [2.05, 4.69) is 0 Å². The third kappa shape index (κ3) is 3720. The molecule has 0 rings (SSSR count). The molecule has 8 heavy (non-hydrogen) atoms. The Balaban J connectivity index is -0.0000000483. The Morgan fingerprint density at radius 1 is 0.875 bits per heavy atom. The van der Waals surface area contributed by atoms with Gasteiger partial charge in [0, 0.05) is 7.11 Å². The van der Waals surface area contributed by atoms with E-state index in [0.717, 1.165) is 7.11 Å². The molecule has 0 heterocycles. The highest BCUT2D eigenvalue weighted by atomic mass is 19.2. The number of aliphatic hydroxyl groups excluding tert-OH is 1. The van der Waals surface area contributed by atoms with Gasteiger partial charge in [0.15, 0.2) is 0 Å². The third-order valence-electron chi connectivity index (χ3n) is 0. The molecule has 0 atom stereocenters. The van der Waals surface area contributed by atoms with Crippen molar-refractivity contribution in [3.8, 4) is 0 Å². The second kappa shape index (κ2) is 70.2. The number of rotatable bonds is 0. The lowest BCUT2D eigenvalue weighted by atomic mass is 10.6. The number of hydrogen-bond donors (Lipinski definition) is 1. The molecule has 2 radical (unpaired) electrons. The van der Waals surface area contributed by atoms with E-state index in [1.54, 1.807) is 0 Å². The van der Waals surface area contributed by atoms with Crippen LogP contribution in [0.5, 0.6) is 0 Å². The van der Waals surface area contributed by atoms with Crippen molar-refractivity contribution in [2.24, 2.45) is 0 Å². The molecule has 0 amide bonds. The highest BCUT2D eigenvalue weighted by molar-refractivity contribution is 6.15. The predicted molar refractivity (Wildman–Crippen MR) is 24.1 cm³/mol. The van der Waals surface area contributed by atoms with Gasteiger partial charge in [-0.2, -0.15) is 0 Å². The monoisotopic (exact) mass is 130 g/mol. The maximum absolute atomic E-state index is 9.50. The summed E-state index contributed by atoms with van der Waals surface area (Å²) in [6.45, 7) is 0. The molecule has 0 aromatic rings. The lowest BCUT2D eigenvalue weighted by Crippen LogP contribution is -1.45. The molecule has 0 spiro atoms. The van der Waals surface area contributed by atoms with Crippen LogP contribution in [0.4, 0.5) is 17.3 Å². The van der Waals surface area contributed by atoms with Gasteiger partial charge in [-0.1, -0.05) is 0 Å². The topological polar surface area (TPSA) is 20.2 Å². The number of halogens is 4. The fraction of sp³-hybridized carbons (Fsp3) is 1.00. The summed E-state index contributed by atoms with van der Waals surface area (Å²) in [5, 5.41) is 7.00. The van der Waals surface area contributed by atoms with Crippen LogP contribution >= 0.6 is 0 Å². The summed E-state index contributed by atoms with van der Waals surface area (Å²) in [4.78, 5) is 0. The summed E-state index contributed by atoms with van der Waals surface area (Å²) >= 11 is 0. The molecule has 0 aromatic carbocycles. The summed E-state index contributed by atoms with van der Waals surface area (Å²) in [5.41, 5.74) is 0. The minimum absolute atomic E-state index is 1.00. The minimum atomic E-state index is -1.00. The van der Waals surface area contributed by atoms with Gasteiger partial charge >= 0.3 is 15.7 Å². The highest BCUT2D eigenvalue weighted by Gasteiger charge is 1.63. The Morgan fingerprint density at radius 2 is 0.875 bits per heavy atom. The van der Waals surface area contributed by atoms with Crippen molar-refractivity contribution >= 4 is 15.7 Å². The largest absolute Gasteiger partial charge is 0.577 e. The first-order chi connectivity index (χ1) is 3.83. The zero-order chi connectivity index (χ0) is 7.41. The first-order valence-corrected chi connectivity index (χ1v) is 1.32. The molecule has 7 heteroatoms. The van der Waals surface area contributed by atoms with E-state index >= 15 is 0 Å². The molecule has 0 aliphatic rings. The van der Waals surface area contributed by atoms with E-state index < -0.39 is 15.7 Å². The van der Waals surface area contributed by atoms with Crippen LogP contribution in [0.2, 0.25) is 0 Å². The van der Waals surface area contributed by atoms with Gasteiger partial charge in [0.25, 0.3) is 0 Å². The van der Waals surface area contributed by atoms with E-state index in [1.807, 2.05) is 0 Å². The standard InChI is InChI=1S/CH4O.2BF2/c1-2;2*2-1-3/h2H,1H3;;. The van der Waals surface area contributed by atoms with Gasteiger partial charge in [-0.05, 0) is 0 Å². The molecule has 0 saturated carbocycles. The second-order valence-electron chi connectivity index (χ2n) is 0.165. The molecule has 0 unspecified atom stereocenters. The van der Waals surface area contributed by atoms with Crippen molar-refractivity contribution in [3.05, 3.63) is 0 Å². The second-order valence-corrected chi connectivity index (χ2v) is 0.165. The van der Waals surface area contributed by atoms with Gasteiger partial charge in [-0.15, -0.1) is 0 Å². The maximum Gasteiger partial charge on any atom is 0.577 e. The highest BCUT2D eigenvalue weighted by Crippen LogP contribution is 1.49. The van der Waals surface area contributed by atoms with E-state index in [0.29, 0.717) is 0 Å². The van der Waals surface area contributed by atoms with E-state index in [4.69, 9.17) is 5.11 Å². The average Bonchev–Trinajstić information content (AvgIpc) is 1.75. The Bertz CT molecular complexity index is 16.0. The van der Waals surface area contributed by atoms with Crippen molar-refractivity contribution in [2.45, 2.75) is 0 Å². The molecule has 0 bridgehead atoms. The van der Waals surface area contributed by atoms with Crippen molar-refractivity contribution in [2.75, 3.05) is 7.11 Å². The van der Waals surface area contributed by atoms with Crippen LogP contribution in [0.25, 0.3) is 0 Å². The molecule has 0 aliphatic carbocycles. The molecule has 48 valence electrons. The van der Waals surface area contributed by atoms with Crippen LogP contribution in [0, 0.1) is 0 Å². The fourth-order valence-corrected chi connectivity index (χ4v) is 0. The van der Waals surface area contributed by atoms with Gasteiger partial charge in [0.2, 0.25) is 0 Å². The van der Waals surface area contributed by atoms with Gasteiger partial charge in [0.05, 0.1) is 0 Å². The summed E-state index contributed by atoms with van der Waals surface area (Å²) in [6, 6.07) is 0. The van der Waals surface area contributed by atoms with Gasteiger partial charge in [-0.3, -0.25) is 17.3 Å². The van der Waals surface area contributed by atoms with Crippen molar-refractivity contribution in [1.82, 2.24) is 0 Å². The molecule has 0 aromatic heterocycles. The summed E-state index contributed by atoms with van der Waals surface area (Å²) in [6.07, 6.45) is 0. The van der Waals surface area contributed by atoms with Gasteiger partial charge in [-0.25, -0.2) is 0 Å². The summed E-state index contributed by atoms with van der Waals surface area (Å²) in [7, 11) is -1.00. The molecule has 0 fully saturated rings. The lowest BCUT2D eigenvalue weighted by molar-refractivity contribution is 0.399. The van der Waals surface area contributed by atoms with Crippen LogP contribution in [0.1, 0.15) is 0 Å². The zero-order valence-corrected chi connectivity index (χ0v) is 4.11. The lowest BCUT2D eigenvalue weighted by Gasteiger charge is -1.33. The Morgan fingerprint density at radius 3 is 0.875 bits per heavy atom. The van der Waals surface area contributed by atoms with Gasteiger partial charge < -0.3 is 5.11 Å². The Kier molecular flexibility index (Phi) is 137. The first-order valence-electron chi connectivity index (χ1n) is 1.32. The van der Waals surface area contributed by atoms with Crippen LogP contribution in [0.3, 0.4) is 0 Å². The smallest absolute Gasteiger partial charge is 0.400 e. The molecule has 0 saturated heterocycles. The molecule has 1 N–H and O–H groups in total. The minimum Gasteiger partial charge on any atom is -0.400 e. The SMILES string of the molecule is CO.F[B]F.F[B]F. The summed E-state index contributed by atoms with van der Waals surface area (Å²) < 4.78 is 38.0. The predicted octanol–water partition coefficient (Wildman–Crippen LogP) is 0.528. The van der Waals surface area contributed by atoms with Crippen LogP contribution in [0.15, 0.2) is 0 Å². The fourth-order valence-electron chi connectivity index (χ4n) is 0. The van der Waals surface area contributed by atoms with Crippen molar-refractivity contribution in [1.29, 1.82) is 0 Å². The van der Waals surface area contributed by atoms with Crippen LogP contribution in [-0.4, -0.2) is 27.9 Å². The van der Waals surface area contributed by atoms with Crippen LogP contribution < -0.4 is 0 Å². The molecular weight excluding hydrogens is 126 g/mol. The quantitative estimate of drug-likeness (QED) is 0.374. The summed E-state index contributed by atoms with van der Waals surface area (Å²) in [5.74, 6) is 0. The van der Waals surface area contributed by atoms with E-state index in [9.17, 15) is 17.3 Å². The number of aliphatic hydroxyl groups is 1. The van der Waals surface area contributed by atoms with E-state index in [-0.39, 0.29) is 0 Å². The molecule has 1 nitrogen and oxygen atoms in total. The van der Waals surface area contributed by atoms with Crippen molar-refractivity contribution in [3.63, 3.8) is 0 Å².